The number of ether oxygens (including phenoxy) is 1. The van der Waals surface area contributed by atoms with E-state index in [2.05, 4.69) is 5.16 Å². The van der Waals surface area contributed by atoms with E-state index in [1.807, 2.05) is 0 Å². The number of amides is 2. The lowest BCUT2D eigenvalue weighted by molar-refractivity contribution is 0.0713. The van der Waals surface area contributed by atoms with E-state index in [0.29, 0.717) is 48.9 Å². The highest BCUT2D eigenvalue weighted by atomic mass is 16.5. The third-order valence-electron chi connectivity index (χ3n) is 4.25. The second kappa shape index (κ2) is 7.38. The minimum Gasteiger partial charge on any atom is -0.497 e. The van der Waals surface area contributed by atoms with Gasteiger partial charge in [-0.3, -0.25) is 9.59 Å². The summed E-state index contributed by atoms with van der Waals surface area (Å²) in [5, 5.41) is 3.78. The van der Waals surface area contributed by atoms with Gasteiger partial charge in [-0.2, -0.15) is 0 Å². The van der Waals surface area contributed by atoms with Gasteiger partial charge in [-0.05, 0) is 37.6 Å². The van der Waals surface area contributed by atoms with Crippen LogP contribution in [-0.2, 0) is 0 Å². The summed E-state index contributed by atoms with van der Waals surface area (Å²) in [5.41, 5.74) is 0.931. The maximum Gasteiger partial charge on any atom is 0.276 e. The Bertz CT molecular complexity index is 754. The smallest absolute Gasteiger partial charge is 0.276 e. The van der Waals surface area contributed by atoms with Crippen molar-refractivity contribution in [3.05, 3.63) is 47.3 Å². The molecule has 0 N–H and O–H groups in total. The first kappa shape index (κ1) is 17.0. The molecule has 0 aliphatic carbocycles. The lowest BCUT2D eigenvalue weighted by Crippen LogP contribution is -2.37. The van der Waals surface area contributed by atoms with Crippen LogP contribution in [0.25, 0.3) is 0 Å². The predicted molar refractivity (Wildman–Crippen MR) is 90.7 cm³/mol. The van der Waals surface area contributed by atoms with Gasteiger partial charge in [-0.15, -0.1) is 0 Å². The molecule has 1 saturated heterocycles. The van der Waals surface area contributed by atoms with Crippen LogP contribution in [-0.4, -0.2) is 60.1 Å². The summed E-state index contributed by atoms with van der Waals surface area (Å²) in [6, 6.07) is 8.69. The topological polar surface area (TPSA) is 75.9 Å². The molecule has 7 nitrogen and oxygen atoms in total. The Morgan fingerprint density at radius 2 is 1.68 bits per heavy atom. The van der Waals surface area contributed by atoms with Crippen molar-refractivity contribution < 1.29 is 18.8 Å². The molecule has 132 valence electrons. The molecule has 0 bridgehead atoms. The number of hydrogen-bond donors (Lipinski definition) is 0. The number of aryl methyl sites for hydroxylation is 1. The highest BCUT2D eigenvalue weighted by molar-refractivity contribution is 5.95. The van der Waals surface area contributed by atoms with Gasteiger partial charge in [-0.25, -0.2) is 0 Å². The van der Waals surface area contributed by atoms with E-state index in [1.165, 1.54) is 0 Å². The van der Waals surface area contributed by atoms with Gasteiger partial charge in [0, 0.05) is 37.8 Å². The predicted octanol–water partition coefficient (Wildman–Crippen LogP) is 1.98. The second-order valence-corrected chi connectivity index (χ2v) is 5.99. The first-order valence-electron chi connectivity index (χ1n) is 8.24. The van der Waals surface area contributed by atoms with E-state index in [4.69, 9.17) is 9.26 Å². The molecule has 2 amide bonds. The highest BCUT2D eigenvalue weighted by Crippen LogP contribution is 2.15. The van der Waals surface area contributed by atoms with Crippen molar-refractivity contribution in [3.63, 3.8) is 0 Å². The number of hydrogen-bond acceptors (Lipinski definition) is 5. The zero-order chi connectivity index (χ0) is 17.8. The lowest BCUT2D eigenvalue weighted by Gasteiger charge is -2.21. The summed E-state index contributed by atoms with van der Waals surface area (Å²) in [6.07, 6.45) is 0.727. The number of methoxy groups -OCH3 is 1. The molecule has 3 rings (SSSR count). The largest absolute Gasteiger partial charge is 0.497 e. The fraction of sp³-hybridized carbons (Fsp3) is 0.389. The highest BCUT2D eigenvalue weighted by Gasteiger charge is 2.25. The summed E-state index contributed by atoms with van der Waals surface area (Å²) in [4.78, 5) is 28.6. The molecule has 0 unspecified atom stereocenters. The van der Waals surface area contributed by atoms with Gasteiger partial charge in [0.05, 0.1) is 7.11 Å². The molecular formula is C18H21N3O4. The van der Waals surface area contributed by atoms with Crippen LogP contribution in [0.3, 0.4) is 0 Å². The van der Waals surface area contributed by atoms with Crippen molar-refractivity contribution >= 4 is 11.8 Å². The van der Waals surface area contributed by atoms with Gasteiger partial charge in [0.2, 0.25) is 0 Å². The number of carbonyl (C=O) groups is 2. The van der Waals surface area contributed by atoms with Crippen LogP contribution in [0, 0.1) is 6.92 Å². The molecule has 1 aliphatic heterocycles. The lowest BCUT2D eigenvalue weighted by atomic mass is 10.2. The fourth-order valence-corrected chi connectivity index (χ4v) is 2.87. The number of nitrogens with zero attached hydrogens (tertiary/aromatic N) is 3. The maximum absolute atomic E-state index is 12.7. The molecule has 1 fully saturated rings. The SMILES string of the molecule is COc1ccc(C(=O)N2CCCN(C(=O)c3cc(C)on3)CC2)cc1. The Kier molecular flexibility index (Phi) is 5.02. The van der Waals surface area contributed by atoms with Crippen molar-refractivity contribution in [1.82, 2.24) is 15.0 Å². The van der Waals surface area contributed by atoms with Gasteiger partial charge < -0.3 is 19.1 Å². The minimum absolute atomic E-state index is 0.0331. The van der Waals surface area contributed by atoms with Gasteiger partial charge in [-0.1, -0.05) is 5.16 Å². The molecule has 0 atom stereocenters. The number of carbonyl (C=O) groups excluding carboxylic acids is 2. The minimum atomic E-state index is -0.157. The number of benzene rings is 1. The molecule has 25 heavy (non-hydrogen) atoms. The Morgan fingerprint density at radius 1 is 1.04 bits per heavy atom. The van der Waals surface area contributed by atoms with Gasteiger partial charge in [0.25, 0.3) is 11.8 Å². The molecule has 2 aromatic rings. The van der Waals surface area contributed by atoms with Crippen LogP contribution in [0.1, 0.15) is 33.0 Å². The zero-order valence-corrected chi connectivity index (χ0v) is 14.4. The summed E-state index contributed by atoms with van der Waals surface area (Å²) in [6.45, 7) is 3.94. The maximum atomic E-state index is 12.7. The summed E-state index contributed by atoms with van der Waals surface area (Å²) in [7, 11) is 1.59. The van der Waals surface area contributed by atoms with Crippen molar-refractivity contribution in [1.29, 1.82) is 0 Å². The molecule has 1 aromatic heterocycles. The van der Waals surface area contributed by atoms with E-state index >= 15 is 0 Å². The van der Waals surface area contributed by atoms with Crippen molar-refractivity contribution in [3.8, 4) is 5.75 Å². The van der Waals surface area contributed by atoms with Gasteiger partial charge >= 0.3 is 0 Å². The fourth-order valence-electron chi connectivity index (χ4n) is 2.87. The first-order valence-corrected chi connectivity index (χ1v) is 8.24. The molecule has 2 heterocycles. The van der Waals surface area contributed by atoms with Gasteiger partial charge in [0.1, 0.15) is 11.5 Å². The Balaban J connectivity index is 1.64. The molecule has 0 saturated carbocycles. The Morgan fingerprint density at radius 3 is 2.24 bits per heavy atom. The van der Waals surface area contributed by atoms with Crippen molar-refractivity contribution in [2.24, 2.45) is 0 Å². The van der Waals surface area contributed by atoms with Crippen molar-refractivity contribution in [2.75, 3.05) is 33.3 Å². The summed E-state index contributed by atoms with van der Waals surface area (Å²) < 4.78 is 10.1. The summed E-state index contributed by atoms with van der Waals surface area (Å²) in [5.74, 6) is 1.13. The molecule has 0 spiro atoms. The standard InChI is InChI=1S/C18H21N3O4/c1-13-12-16(19-25-13)18(23)21-9-3-8-20(10-11-21)17(22)14-4-6-15(24-2)7-5-14/h4-7,12H,3,8-11H2,1-2H3. The third kappa shape index (κ3) is 3.81. The van der Waals surface area contributed by atoms with Crippen molar-refractivity contribution in [2.45, 2.75) is 13.3 Å². The third-order valence-corrected chi connectivity index (χ3v) is 4.25. The van der Waals surface area contributed by atoms with E-state index in [-0.39, 0.29) is 11.8 Å². The summed E-state index contributed by atoms with van der Waals surface area (Å²) >= 11 is 0. The Hall–Kier alpha value is -2.83. The van der Waals surface area contributed by atoms with E-state index < -0.39 is 0 Å². The molecular weight excluding hydrogens is 322 g/mol. The molecule has 1 aliphatic rings. The number of rotatable bonds is 3. The van der Waals surface area contributed by atoms with Crippen LogP contribution in [0.15, 0.2) is 34.9 Å². The zero-order valence-electron chi connectivity index (χ0n) is 14.4. The van der Waals surface area contributed by atoms with Crippen LogP contribution < -0.4 is 4.74 Å². The quantitative estimate of drug-likeness (QED) is 0.852. The van der Waals surface area contributed by atoms with Crippen LogP contribution >= 0.6 is 0 Å². The van der Waals surface area contributed by atoms with Crippen LogP contribution in [0.2, 0.25) is 0 Å². The average molecular weight is 343 g/mol. The van der Waals surface area contributed by atoms with Gasteiger partial charge in [0.15, 0.2) is 5.69 Å². The van der Waals surface area contributed by atoms with Crippen LogP contribution in [0.4, 0.5) is 0 Å². The average Bonchev–Trinajstić information content (AvgIpc) is 2.93. The monoisotopic (exact) mass is 343 g/mol. The normalized spacial score (nSPS) is 15.0. The molecule has 7 heteroatoms. The number of aromatic nitrogens is 1. The second-order valence-electron chi connectivity index (χ2n) is 5.99. The molecule has 1 aromatic carbocycles. The van der Waals surface area contributed by atoms with Crippen LogP contribution in [0.5, 0.6) is 5.75 Å². The van der Waals surface area contributed by atoms with E-state index in [1.54, 1.807) is 54.2 Å². The van der Waals surface area contributed by atoms with E-state index in [0.717, 1.165) is 6.42 Å². The first-order chi connectivity index (χ1) is 12.1. The molecule has 0 radical (unpaired) electrons. The Labute approximate surface area is 146 Å². The van der Waals surface area contributed by atoms with E-state index in [9.17, 15) is 9.59 Å².